The molecule has 0 N–H and O–H groups in total. The lowest BCUT2D eigenvalue weighted by molar-refractivity contribution is -0.143. The number of urea groups is 1. The maximum atomic E-state index is 13.7. The van der Waals surface area contributed by atoms with Crippen molar-refractivity contribution in [3.8, 4) is 0 Å². The van der Waals surface area contributed by atoms with E-state index in [0.29, 0.717) is 37.1 Å². The first-order valence-electron chi connectivity index (χ1n) is 11.3. The number of nitrogens with zero attached hydrogens (tertiary/aromatic N) is 3. The summed E-state index contributed by atoms with van der Waals surface area (Å²) in [6.45, 7) is 1.60. The van der Waals surface area contributed by atoms with Crippen molar-refractivity contribution < 1.29 is 35.5 Å². The highest BCUT2D eigenvalue weighted by molar-refractivity contribution is 5.75. The highest BCUT2D eigenvalue weighted by Crippen LogP contribution is 2.38. The molecule has 0 spiro atoms. The Bertz CT molecular complexity index is 1070. The molecule has 2 aromatic carbocycles. The third-order valence-corrected chi connectivity index (χ3v) is 6.54. The SMILES string of the molecule is Cc1cc(F)ccc1[C@H]1CC(N(C)C)CCN1C(=O)N(C)Cc1cc(C(F)(F)F)cc(C(F)(F)F)c1. The molecule has 0 bridgehead atoms. The fraction of sp³-hybridized carbons (Fsp3) is 0.480. The van der Waals surface area contributed by atoms with Crippen LogP contribution in [0.5, 0.6) is 0 Å². The van der Waals surface area contributed by atoms with Gasteiger partial charge in [-0.05, 0) is 80.9 Å². The van der Waals surface area contributed by atoms with E-state index >= 15 is 0 Å². The minimum absolute atomic E-state index is 0.0602. The van der Waals surface area contributed by atoms with E-state index in [4.69, 9.17) is 0 Å². The zero-order valence-corrected chi connectivity index (χ0v) is 20.3. The summed E-state index contributed by atoms with van der Waals surface area (Å²) in [6.07, 6.45) is -8.78. The molecule has 1 aliphatic heterocycles. The van der Waals surface area contributed by atoms with Crippen LogP contribution in [0.2, 0.25) is 0 Å². The van der Waals surface area contributed by atoms with Gasteiger partial charge in [-0.1, -0.05) is 6.07 Å². The van der Waals surface area contributed by atoms with E-state index in [9.17, 15) is 35.5 Å². The number of rotatable bonds is 4. The van der Waals surface area contributed by atoms with Crippen molar-refractivity contribution in [2.45, 2.75) is 50.7 Å². The molecule has 2 atom stereocenters. The molecular weight excluding hydrogens is 491 g/mol. The number of halogens is 7. The molecule has 0 radical (unpaired) electrons. The van der Waals surface area contributed by atoms with Crippen molar-refractivity contribution in [2.75, 3.05) is 27.7 Å². The number of benzene rings is 2. The number of amides is 2. The molecule has 36 heavy (non-hydrogen) atoms. The van der Waals surface area contributed by atoms with Gasteiger partial charge < -0.3 is 14.7 Å². The Kier molecular flexibility index (Phi) is 7.92. The molecule has 4 nitrogen and oxygen atoms in total. The lowest BCUT2D eigenvalue weighted by atomic mass is 9.89. The number of piperidine rings is 1. The van der Waals surface area contributed by atoms with E-state index < -0.39 is 47.9 Å². The van der Waals surface area contributed by atoms with Crippen molar-refractivity contribution in [1.82, 2.24) is 14.7 Å². The minimum atomic E-state index is -4.97. The molecule has 0 aromatic heterocycles. The van der Waals surface area contributed by atoms with Crippen molar-refractivity contribution in [1.29, 1.82) is 0 Å². The number of likely N-dealkylation sites (tertiary alicyclic amines) is 1. The predicted molar refractivity (Wildman–Crippen MR) is 121 cm³/mol. The molecule has 2 amide bonds. The quantitative estimate of drug-likeness (QED) is 0.432. The number of hydrogen-bond acceptors (Lipinski definition) is 2. The summed E-state index contributed by atoms with van der Waals surface area (Å²) in [5, 5.41) is 0. The number of hydrogen-bond donors (Lipinski definition) is 0. The van der Waals surface area contributed by atoms with E-state index in [2.05, 4.69) is 0 Å². The smallest absolute Gasteiger partial charge is 0.323 e. The van der Waals surface area contributed by atoms with Crippen LogP contribution in [-0.4, -0.2) is 54.5 Å². The summed E-state index contributed by atoms with van der Waals surface area (Å²) in [4.78, 5) is 18.1. The van der Waals surface area contributed by atoms with Gasteiger partial charge in [0.1, 0.15) is 5.82 Å². The second-order valence-corrected chi connectivity index (χ2v) is 9.40. The van der Waals surface area contributed by atoms with Gasteiger partial charge in [-0.2, -0.15) is 26.3 Å². The van der Waals surface area contributed by atoms with Gasteiger partial charge >= 0.3 is 18.4 Å². The molecule has 3 rings (SSSR count). The van der Waals surface area contributed by atoms with E-state index in [-0.39, 0.29) is 17.7 Å². The van der Waals surface area contributed by atoms with Crippen LogP contribution in [-0.2, 0) is 18.9 Å². The Morgan fingerprint density at radius 2 is 1.56 bits per heavy atom. The van der Waals surface area contributed by atoms with Gasteiger partial charge in [0.2, 0.25) is 0 Å². The van der Waals surface area contributed by atoms with Crippen molar-refractivity contribution in [3.63, 3.8) is 0 Å². The molecule has 1 heterocycles. The van der Waals surface area contributed by atoms with E-state index in [1.807, 2.05) is 19.0 Å². The highest BCUT2D eigenvalue weighted by atomic mass is 19.4. The molecule has 1 aliphatic rings. The van der Waals surface area contributed by atoms with E-state index in [1.165, 1.54) is 19.2 Å². The van der Waals surface area contributed by atoms with Crippen LogP contribution in [0.25, 0.3) is 0 Å². The maximum Gasteiger partial charge on any atom is 0.416 e. The molecular formula is C25H28F7N3O. The first-order chi connectivity index (χ1) is 16.6. The zero-order chi connectivity index (χ0) is 27.0. The first-order valence-corrected chi connectivity index (χ1v) is 11.3. The normalized spacial score (nSPS) is 19.1. The lowest BCUT2D eigenvalue weighted by Crippen LogP contribution is -2.50. The van der Waals surface area contributed by atoms with Crippen LogP contribution in [0.3, 0.4) is 0 Å². The second-order valence-electron chi connectivity index (χ2n) is 9.40. The molecule has 0 aliphatic carbocycles. The summed E-state index contributed by atoms with van der Waals surface area (Å²) < 4.78 is 93.2. The number of carbonyl (C=O) groups excluding carboxylic acids is 1. The summed E-state index contributed by atoms with van der Waals surface area (Å²) >= 11 is 0. The van der Waals surface area contributed by atoms with Crippen molar-refractivity contribution in [3.05, 3.63) is 70.0 Å². The van der Waals surface area contributed by atoms with E-state index in [1.54, 1.807) is 17.9 Å². The Hall–Kier alpha value is -2.82. The minimum Gasteiger partial charge on any atom is -0.323 e. The van der Waals surface area contributed by atoms with Gasteiger partial charge in [-0.25, -0.2) is 9.18 Å². The maximum absolute atomic E-state index is 13.7. The summed E-state index contributed by atoms with van der Waals surface area (Å²) in [7, 11) is 5.16. The molecule has 0 saturated carbocycles. The zero-order valence-electron chi connectivity index (χ0n) is 20.3. The van der Waals surface area contributed by atoms with Gasteiger partial charge in [0.25, 0.3) is 0 Å². The molecule has 11 heteroatoms. The van der Waals surface area contributed by atoms with Crippen LogP contribution in [0.15, 0.2) is 36.4 Å². The fourth-order valence-electron chi connectivity index (χ4n) is 4.62. The van der Waals surface area contributed by atoms with Crippen LogP contribution >= 0.6 is 0 Å². The predicted octanol–water partition coefficient (Wildman–Crippen LogP) is 6.49. The van der Waals surface area contributed by atoms with Gasteiger partial charge in [-0.15, -0.1) is 0 Å². The van der Waals surface area contributed by atoms with E-state index in [0.717, 1.165) is 10.5 Å². The van der Waals surface area contributed by atoms with Crippen molar-refractivity contribution in [2.24, 2.45) is 0 Å². The molecule has 1 fully saturated rings. The Morgan fingerprint density at radius 1 is 0.972 bits per heavy atom. The fourth-order valence-corrected chi connectivity index (χ4v) is 4.62. The third kappa shape index (κ3) is 6.29. The molecule has 1 unspecified atom stereocenters. The van der Waals surface area contributed by atoms with Crippen LogP contribution in [0.4, 0.5) is 35.5 Å². The summed E-state index contributed by atoms with van der Waals surface area (Å²) in [6, 6.07) is 4.74. The summed E-state index contributed by atoms with van der Waals surface area (Å²) in [5.41, 5.74) is -1.76. The van der Waals surface area contributed by atoms with Gasteiger partial charge in [-0.3, -0.25) is 0 Å². The monoisotopic (exact) mass is 519 g/mol. The summed E-state index contributed by atoms with van der Waals surface area (Å²) in [5.74, 6) is -0.420. The van der Waals surface area contributed by atoms with Gasteiger partial charge in [0.05, 0.1) is 17.2 Å². The standard InChI is InChI=1S/C25H28F7N3O/c1-15-9-19(26)5-6-21(15)22-13-20(33(2)3)7-8-35(22)23(36)34(4)14-16-10-17(24(27,28)29)12-18(11-16)25(30,31)32/h5-6,9-12,20,22H,7-8,13-14H2,1-4H3/t20?,22-/m1/s1. The first kappa shape index (κ1) is 27.8. The highest BCUT2D eigenvalue weighted by Gasteiger charge is 2.38. The topological polar surface area (TPSA) is 26.8 Å². The van der Waals surface area contributed by atoms with Crippen molar-refractivity contribution >= 4 is 6.03 Å². The largest absolute Gasteiger partial charge is 0.416 e. The van der Waals surface area contributed by atoms with Gasteiger partial charge in [0, 0.05) is 26.2 Å². The number of alkyl halides is 6. The van der Waals surface area contributed by atoms with Gasteiger partial charge in [0.15, 0.2) is 0 Å². The average molecular weight is 520 g/mol. The number of carbonyl (C=O) groups is 1. The molecule has 2 aromatic rings. The second kappa shape index (κ2) is 10.3. The Morgan fingerprint density at radius 3 is 2.06 bits per heavy atom. The van der Waals surface area contributed by atoms with Crippen LogP contribution in [0, 0.1) is 12.7 Å². The Labute approximate surface area is 205 Å². The Balaban J connectivity index is 1.91. The third-order valence-electron chi connectivity index (χ3n) is 6.54. The molecule has 1 saturated heterocycles. The van der Waals surface area contributed by atoms with Crippen LogP contribution in [0.1, 0.15) is 46.7 Å². The van der Waals surface area contributed by atoms with Crippen LogP contribution < -0.4 is 0 Å². The molecule has 198 valence electrons. The number of aryl methyl sites for hydroxylation is 1. The average Bonchev–Trinajstić information content (AvgIpc) is 2.76. The lowest BCUT2D eigenvalue weighted by Gasteiger charge is -2.43.